The molecule has 1 heterocycles. The lowest BCUT2D eigenvalue weighted by atomic mass is 10.3. The monoisotopic (exact) mass is 471 g/mol. The van der Waals surface area contributed by atoms with Gasteiger partial charge in [0.15, 0.2) is 0 Å². The Hall–Kier alpha value is -2.74. The summed E-state index contributed by atoms with van der Waals surface area (Å²) in [6, 6.07) is 6.64. The molecule has 1 amide bonds. The molecule has 2 aromatic rings. The van der Waals surface area contributed by atoms with Crippen molar-refractivity contribution in [1.29, 1.82) is 0 Å². The highest BCUT2D eigenvalue weighted by Crippen LogP contribution is 2.27. The Morgan fingerprint density at radius 2 is 1.71 bits per heavy atom. The maximum atomic E-state index is 12.6. The maximum absolute atomic E-state index is 12.6. The number of amides is 1. The molecular formula is C18H25N5O6S2. The van der Waals surface area contributed by atoms with Gasteiger partial charge in [0.2, 0.25) is 15.9 Å². The molecule has 0 saturated heterocycles. The fourth-order valence-electron chi connectivity index (χ4n) is 2.64. The van der Waals surface area contributed by atoms with Gasteiger partial charge in [-0.15, -0.1) is 4.83 Å². The fourth-order valence-corrected chi connectivity index (χ4v) is 4.92. The third kappa shape index (κ3) is 5.91. The van der Waals surface area contributed by atoms with Crippen LogP contribution in [0.15, 0.2) is 46.3 Å². The van der Waals surface area contributed by atoms with E-state index in [1.54, 1.807) is 13.8 Å². The molecule has 0 bridgehead atoms. The van der Waals surface area contributed by atoms with Crippen molar-refractivity contribution < 1.29 is 26.4 Å². The lowest BCUT2D eigenvalue weighted by Gasteiger charge is -2.18. The van der Waals surface area contributed by atoms with Gasteiger partial charge in [0.05, 0.1) is 17.7 Å². The summed E-state index contributed by atoms with van der Waals surface area (Å²) in [4.78, 5) is 17.3. The van der Waals surface area contributed by atoms with Crippen LogP contribution in [-0.2, 0) is 24.8 Å². The van der Waals surface area contributed by atoms with Crippen molar-refractivity contribution in [3.63, 3.8) is 0 Å². The predicted molar refractivity (Wildman–Crippen MR) is 116 cm³/mol. The van der Waals surface area contributed by atoms with E-state index in [0.717, 1.165) is 6.20 Å². The van der Waals surface area contributed by atoms with E-state index in [4.69, 9.17) is 4.74 Å². The molecule has 3 N–H and O–H groups in total. The Bertz CT molecular complexity index is 1130. The highest BCUT2D eigenvalue weighted by molar-refractivity contribution is 7.89. The Kier molecular flexibility index (Phi) is 7.95. The van der Waals surface area contributed by atoms with Crippen molar-refractivity contribution in [3.05, 3.63) is 36.5 Å². The van der Waals surface area contributed by atoms with Gasteiger partial charge in [-0.25, -0.2) is 21.8 Å². The molecule has 0 fully saturated rings. The number of carbonyl (C=O) groups is 1. The van der Waals surface area contributed by atoms with E-state index < -0.39 is 20.0 Å². The molecule has 0 aliphatic carbocycles. The third-order valence-electron chi connectivity index (χ3n) is 4.18. The minimum atomic E-state index is -4.04. The van der Waals surface area contributed by atoms with E-state index in [-0.39, 0.29) is 27.2 Å². The molecule has 1 aromatic carbocycles. The van der Waals surface area contributed by atoms with Gasteiger partial charge >= 0.3 is 0 Å². The molecule has 170 valence electrons. The molecule has 0 spiro atoms. The number of hydrogen-bond acceptors (Lipinski definition) is 8. The van der Waals surface area contributed by atoms with Gasteiger partial charge in [-0.2, -0.15) is 4.31 Å². The molecule has 2 rings (SSSR count). The number of nitrogens with zero attached hydrogens (tertiary/aromatic N) is 2. The number of anilines is 2. The van der Waals surface area contributed by atoms with Gasteiger partial charge < -0.3 is 10.1 Å². The van der Waals surface area contributed by atoms with E-state index >= 15 is 0 Å². The predicted octanol–water partition coefficient (Wildman–Crippen LogP) is 1.38. The van der Waals surface area contributed by atoms with Crippen molar-refractivity contribution >= 4 is 37.5 Å². The molecule has 1 aromatic heterocycles. The highest BCUT2D eigenvalue weighted by Gasteiger charge is 2.22. The SMILES string of the molecule is CCN(CC)S(=O)(=O)c1ccc(NNS(=O)(=O)c2ccc(OC)c(NC(C)=O)c2)nc1. The average molecular weight is 472 g/mol. The van der Waals surface area contributed by atoms with Crippen LogP contribution in [0.3, 0.4) is 0 Å². The standard InChI is InChI=1S/C18H25N5O6S2/c1-5-23(6-2)31(27,28)15-8-10-18(19-12-15)21-22-30(25,26)14-7-9-17(29-4)16(11-14)20-13(3)24/h7-12,22H,5-6H2,1-4H3,(H,19,21)(H,20,24). The molecule has 0 atom stereocenters. The quantitative estimate of drug-likeness (QED) is 0.441. The lowest BCUT2D eigenvalue weighted by Crippen LogP contribution is -2.31. The first kappa shape index (κ1) is 24.5. The minimum absolute atomic E-state index is 0.000268. The van der Waals surface area contributed by atoms with Crippen molar-refractivity contribution in [3.8, 4) is 5.75 Å². The first-order chi connectivity index (χ1) is 14.5. The number of hydrazine groups is 1. The van der Waals surface area contributed by atoms with Crippen LogP contribution in [0.4, 0.5) is 11.5 Å². The molecule has 11 nitrogen and oxygen atoms in total. The topological polar surface area (TPSA) is 147 Å². The third-order valence-corrected chi connectivity index (χ3v) is 7.46. The van der Waals surface area contributed by atoms with Gasteiger partial charge in [-0.05, 0) is 30.3 Å². The lowest BCUT2D eigenvalue weighted by molar-refractivity contribution is -0.114. The van der Waals surface area contributed by atoms with Crippen molar-refractivity contribution in [1.82, 2.24) is 14.1 Å². The maximum Gasteiger partial charge on any atom is 0.257 e. The Balaban J connectivity index is 2.18. The number of rotatable bonds is 10. The van der Waals surface area contributed by atoms with Gasteiger partial charge in [-0.3, -0.25) is 10.2 Å². The summed E-state index contributed by atoms with van der Waals surface area (Å²) in [6.45, 7) is 5.39. The molecule has 13 heteroatoms. The number of sulfonamides is 2. The second-order valence-corrected chi connectivity index (χ2v) is 9.86. The van der Waals surface area contributed by atoms with E-state index in [0.29, 0.717) is 18.8 Å². The minimum Gasteiger partial charge on any atom is -0.495 e. The normalized spacial score (nSPS) is 11.9. The number of nitrogens with one attached hydrogen (secondary N) is 3. The number of pyridine rings is 1. The number of ether oxygens (including phenoxy) is 1. The van der Waals surface area contributed by atoms with E-state index in [1.807, 2.05) is 0 Å². The summed E-state index contributed by atoms with van der Waals surface area (Å²) in [5.41, 5.74) is 2.63. The summed E-state index contributed by atoms with van der Waals surface area (Å²) in [6.07, 6.45) is 1.15. The van der Waals surface area contributed by atoms with E-state index in [1.165, 1.54) is 48.7 Å². The van der Waals surface area contributed by atoms with Crippen LogP contribution in [0.5, 0.6) is 5.75 Å². The van der Waals surface area contributed by atoms with Crippen LogP contribution < -0.4 is 20.3 Å². The Labute approximate surface area is 181 Å². The zero-order valence-corrected chi connectivity index (χ0v) is 19.2. The summed E-state index contributed by atoms with van der Waals surface area (Å²) in [7, 11) is -6.31. The van der Waals surface area contributed by atoms with Crippen molar-refractivity contribution in [2.75, 3.05) is 30.9 Å². The molecular weight excluding hydrogens is 446 g/mol. The molecule has 0 saturated carbocycles. The zero-order chi connectivity index (χ0) is 23.2. The second kappa shape index (κ2) is 10.0. The summed E-state index contributed by atoms with van der Waals surface area (Å²) in [5.74, 6) is 0.00864. The second-order valence-electron chi connectivity index (χ2n) is 6.24. The summed E-state index contributed by atoms with van der Waals surface area (Å²) >= 11 is 0. The fraction of sp³-hybridized carbons (Fsp3) is 0.333. The van der Waals surface area contributed by atoms with Gasteiger partial charge in [-0.1, -0.05) is 13.8 Å². The van der Waals surface area contributed by atoms with E-state index in [9.17, 15) is 21.6 Å². The molecule has 0 radical (unpaired) electrons. The van der Waals surface area contributed by atoms with Gasteiger partial charge in [0, 0.05) is 26.2 Å². The van der Waals surface area contributed by atoms with Crippen LogP contribution >= 0.6 is 0 Å². The van der Waals surface area contributed by atoms with Crippen LogP contribution in [-0.4, -0.2) is 52.2 Å². The highest BCUT2D eigenvalue weighted by atomic mass is 32.2. The number of benzene rings is 1. The summed E-state index contributed by atoms with van der Waals surface area (Å²) in [5, 5.41) is 2.50. The van der Waals surface area contributed by atoms with Crippen LogP contribution in [0.2, 0.25) is 0 Å². The van der Waals surface area contributed by atoms with Crippen LogP contribution in [0.1, 0.15) is 20.8 Å². The van der Waals surface area contributed by atoms with Crippen LogP contribution in [0, 0.1) is 0 Å². The van der Waals surface area contributed by atoms with E-state index in [2.05, 4.69) is 20.6 Å². The first-order valence-electron chi connectivity index (χ1n) is 9.24. The number of aromatic nitrogens is 1. The molecule has 0 aliphatic rings. The Morgan fingerprint density at radius 1 is 1.06 bits per heavy atom. The molecule has 31 heavy (non-hydrogen) atoms. The molecule has 0 aliphatic heterocycles. The van der Waals surface area contributed by atoms with Gasteiger partial charge in [0.1, 0.15) is 16.5 Å². The van der Waals surface area contributed by atoms with Crippen molar-refractivity contribution in [2.24, 2.45) is 0 Å². The average Bonchev–Trinajstić information content (AvgIpc) is 2.73. The zero-order valence-electron chi connectivity index (χ0n) is 17.5. The molecule has 0 unspecified atom stereocenters. The number of methoxy groups -OCH3 is 1. The first-order valence-corrected chi connectivity index (χ1v) is 12.2. The largest absolute Gasteiger partial charge is 0.495 e. The number of hydrogen-bond donors (Lipinski definition) is 3. The number of carbonyl (C=O) groups excluding carboxylic acids is 1. The van der Waals surface area contributed by atoms with Crippen LogP contribution in [0.25, 0.3) is 0 Å². The summed E-state index contributed by atoms with van der Waals surface area (Å²) < 4.78 is 56.5. The van der Waals surface area contributed by atoms with Crippen molar-refractivity contribution in [2.45, 2.75) is 30.6 Å². The Morgan fingerprint density at radius 3 is 2.23 bits per heavy atom. The van der Waals surface area contributed by atoms with Gasteiger partial charge in [0.25, 0.3) is 10.0 Å². The smallest absolute Gasteiger partial charge is 0.257 e.